The molecule has 7 heteroatoms. The van der Waals surface area contributed by atoms with E-state index in [-0.39, 0.29) is 23.8 Å². The first-order valence-electron chi connectivity index (χ1n) is 10.1. The summed E-state index contributed by atoms with van der Waals surface area (Å²) in [6.45, 7) is 2.72. The molecule has 0 saturated carbocycles. The van der Waals surface area contributed by atoms with Crippen molar-refractivity contribution in [3.63, 3.8) is 0 Å². The highest BCUT2D eigenvalue weighted by Gasteiger charge is 2.28. The summed E-state index contributed by atoms with van der Waals surface area (Å²) in [5.74, 6) is 0.146. The Hall–Kier alpha value is -2.57. The van der Waals surface area contributed by atoms with E-state index >= 15 is 0 Å². The molecule has 2 fully saturated rings. The van der Waals surface area contributed by atoms with Crippen molar-refractivity contribution >= 4 is 23.5 Å². The average molecular weight is 386 g/mol. The summed E-state index contributed by atoms with van der Waals surface area (Å²) in [6, 6.07) is 6.96. The summed E-state index contributed by atoms with van der Waals surface area (Å²) >= 11 is 0. The number of anilines is 1. The molecule has 0 aliphatic carbocycles. The predicted molar refractivity (Wildman–Crippen MR) is 108 cm³/mol. The van der Waals surface area contributed by atoms with Crippen molar-refractivity contribution in [1.82, 2.24) is 14.7 Å². The fourth-order valence-electron chi connectivity index (χ4n) is 3.91. The standard InChI is InChI=1S/C21H30N4O3/c1-23(2)19(26)16-9-13-25(14-10-16)21(28)22-18-8-6-7-17(15-18)20(27)24-11-4-3-5-12-24/h6-8,15-16H,3-5,9-14H2,1-2H3,(H,22,28). The van der Waals surface area contributed by atoms with E-state index in [2.05, 4.69) is 5.32 Å². The number of hydrogen-bond acceptors (Lipinski definition) is 3. The zero-order chi connectivity index (χ0) is 20.1. The molecule has 2 saturated heterocycles. The van der Waals surface area contributed by atoms with Crippen LogP contribution >= 0.6 is 0 Å². The molecule has 7 nitrogen and oxygen atoms in total. The van der Waals surface area contributed by atoms with Gasteiger partial charge in [-0.3, -0.25) is 9.59 Å². The Labute approximate surface area is 166 Å². The highest BCUT2D eigenvalue weighted by atomic mass is 16.2. The lowest BCUT2D eigenvalue weighted by atomic mass is 9.96. The number of amides is 4. The van der Waals surface area contributed by atoms with Gasteiger partial charge in [-0.25, -0.2) is 4.79 Å². The summed E-state index contributed by atoms with van der Waals surface area (Å²) in [5, 5.41) is 2.90. The van der Waals surface area contributed by atoms with Gasteiger partial charge in [-0.15, -0.1) is 0 Å². The van der Waals surface area contributed by atoms with Crippen molar-refractivity contribution < 1.29 is 14.4 Å². The molecular formula is C21H30N4O3. The van der Waals surface area contributed by atoms with E-state index in [1.54, 1.807) is 48.2 Å². The topological polar surface area (TPSA) is 73.0 Å². The van der Waals surface area contributed by atoms with E-state index in [1.165, 1.54) is 6.42 Å². The molecule has 28 heavy (non-hydrogen) atoms. The first-order chi connectivity index (χ1) is 13.5. The maximum Gasteiger partial charge on any atom is 0.321 e. The third kappa shape index (κ3) is 4.82. The van der Waals surface area contributed by atoms with Crippen molar-refractivity contribution in [3.8, 4) is 0 Å². The molecule has 0 atom stereocenters. The van der Waals surface area contributed by atoms with Crippen LogP contribution in [-0.4, -0.2) is 72.8 Å². The number of nitrogens with zero attached hydrogens (tertiary/aromatic N) is 3. The van der Waals surface area contributed by atoms with Crippen LogP contribution in [0.4, 0.5) is 10.5 Å². The summed E-state index contributed by atoms with van der Waals surface area (Å²) in [6.07, 6.45) is 4.63. The molecule has 2 aliphatic heterocycles. The average Bonchev–Trinajstić information content (AvgIpc) is 2.73. The highest BCUT2D eigenvalue weighted by molar-refractivity contribution is 5.97. The van der Waals surface area contributed by atoms with Crippen LogP contribution in [-0.2, 0) is 4.79 Å². The quantitative estimate of drug-likeness (QED) is 0.868. The number of likely N-dealkylation sites (tertiary alicyclic amines) is 2. The van der Waals surface area contributed by atoms with E-state index in [4.69, 9.17) is 0 Å². The molecule has 0 aromatic heterocycles. The van der Waals surface area contributed by atoms with Crippen molar-refractivity contribution in [2.45, 2.75) is 32.1 Å². The van der Waals surface area contributed by atoms with Gasteiger partial charge in [0, 0.05) is 57.4 Å². The van der Waals surface area contributed by atoms with Gasteiger partial charge in [0.05, 0.1) is 0 Å². The van der Waals surface area contributed by atoms with Gasteiger partial charge in [-0.1, -0.05) is 6.07 Å². The number of piperidine rings is 2. The van der Waals surface area contributed by atoms with Crippen LogP contribution in [0.3, 0.4) is 0 Å². The molecule has 1 aromatic rings. The maximum absolute atomic E-state index is 12.7. The molecule has 0 bridgehead atoms. The first-order valence-corrected chi connectivity index (χ1v) is 10.1. The molecule has 3 rings (SSSR count). The largest absolute Gasteiger partial charge is 0.349 e. The number of carbonyl (C=O) groups is 3. The van der Waals surface area contributed by atoms with Gasteiger partial charge >= 0.3 is 6.03 Å². The summed E-state index contributed by atoms with van der Waals surface area (Å²) < 4.78 is 0. The van der Waals surface area contributed by atoms with E-state index in [9.17, 15) is 14.4 Å². The van der Waals surface area contributed by atoms with Gasteiger partial charge in [-0.2, -0.15) is 0 Å². The molecule has 0 spiro atoms. The zero-order valence-corrected chi connectivity index (χ0v) is 16.8. The molecule has 1 N–H and O–H groups in total. The molecule has 152 valence electrons. The van der Waals surface area contributed by atoms with Crippen molar-refractivity contribution in [2.75, 3.05) is 45.6 Å². The molecule has 1 aromatic carbocycles. The van der Waals surface area contributed by atoms with Crippen LogP contribution in [0, 0.1) is 5.92 Å². The lowest BCUT2D eigenvalue weighted by Gasteiger charge is -2.32. The van der Waals surface area contributed by atoms with Crippen LogP contribution in [0.25, 0.3) is 0 Å². The number of nitrogens with one attached hydrogen (secondary N) is 1. The minimum Gasteiger partial charge on any atom is -0.349 e. The second-order valence-corrected chi connectivity index (χ2v) is 7.86. The van der Waals surface area contributed by atoms with E-state index in [1.807, 2.05) is 4.90 Å². The van der Waals surface area contributed by atoms with Crippen LogP contribution in [0.15, 0.2) is 24.3 Å². The molecule has 4 amide bonds. The second kappa shape index (κ2) is 9.08. The minimum atomic E-state index is -0.182. The SMILES string of the molecule is CN(C)C(=O)C1CCN(C(=O)Nc2cccc(C(=O)N3CCCCC3)c2)CC1. The number of hydrogen-bond donors (Lipinski definition) is 1. The summed E-state index contributed by atoms with van der Waals surface area (Å²) in [5.41, 5.74) is 1.23. The number of urea groups is 1. The Morgan fingerprint density at radius 2 is 1.64 bits per heavy atom. The fourth-order valence-corrected chi connectivity index (χ4v) is 3.91. The third-order valence-electron chi connectivity index (χ3n) is 5.58. The number of rotatable bonds is 3. The van der Waals surface area contributed by atoms with Crippen molar-refractivity contribution in [1.29, 1.82) is 0 Å². The first kappa shape index (κ1) is 20.2. The van der Waals surface area contributed by atoms with Crippen LogP contribution < -0.4 is 5.32 Å². The van der Waals surface area contributed by atoms with Crippen molar-refractivity contribution in [3.05, 3.63) is 29.8 Å². The Bertz CT molecular complexity index is 720. The normalized spacial score (nSPS) is 17.9. The van der Waals surface area contributed by atoms with Crippen molar-refractivity contribution in [2.24, 2.45) is 5.92 Å². The van der Waals surface area contributed by atoms with Gasteiger partial charge < -0.3 is 20.0 Å². The number of carbonyl (C=O) groups excluding carboxylic acids is 3. The van der Waals surface area contributed by atoms with Crippen LogP contribution in [0.5, 0.6) is 0 Å². The Balaban J connectivity index is 1.56. The van der Waals surface area contributed by atoms with E-state index in [0.29, 0.717) is 37.2 Å². The minimum absolute atomic E-state index is 0.00968. The monoisotopic (exact) mass is 386 g/mol. The molecular weight excluding hydrogens is 356 g/mol. The fraction of sp³-hybridized carbons (Fsp3) is 0.571. The highest BCUT2D eigenvalue weighted by Crippen LogP contribution is 2.21. The lowest BCUT2D eigenvalue weighted by Crippen LogP contribution is -2.44. The molecule has 2 heterocycles. The van der Waals surface area contributed by atoms with E-state index < -0.39 is 0 Å². The zero-order valence-electron chi connectivity index (χ0n) is 16.8. The lowest BCUT2D eigenvalue weighted by molar-refractivity contribution is -0.134. The summed E-state index contributed by atoms with van der Waals surface area (Å²) in [7, 11) is 3.53. The van der Waals surface area contributed by atoms with Crippen LogP contribution in [0.2, 0.25) is 0 Å². The molecule has 2 aliphatic rings. The Morgan fingerprint density at radius 3 is 2.29 bits per heavy atom. The van der Waals surface area contributed by atoms with Gasteiger partial charge in [0.2, 0.25) is 5.91 Å². The third-order valence-corrected chi connectivity index (χ3v) is 5.58. The van der Waals surface area contributed by atoms with Gasteiger partial charge in [0.1, 0.15) is 0 Å². The molecule has 0 radical (unpaired) electrons. The Morgan fingerprint density at radius 1 is 0.964 bits per heavy atom. The predicted octanol–water partition coefficient (Wildman–Crippen LogP) is 2.64. The van der Waals surface area contributed by atoms with Crippen LogP contribution in [0.1, 0.15) is 42.5 Å². The second-order valence-electron chi connectivity index (χ2n) is 7.86. The van der Waals surface area contributed by atoms with Gasteiger partial charge in [0.15, 0.2) is 0 Å². The maximum atomic E-state index is 12.7. The van der Waals surface area contributed by atoms with Gasteiger partial charge in [0.25, 0.3) is 5.91 Å². The Kier molecular flexibility index (Phi) is 6.54. The molecule has 0 unspecified atom stereocenters. The number of benzene rings is 1. The smallest absolute Gasteiger partial charge is 0.321 e. The van der Waals surface area contributed by atoms with Gasteiger partial charge in [-0.05, 0) is 50.3 Å². The van der Waals surface area contributed by atoms with E-state index in [0.717, 1.165) is 25.9 Å². The summed E-state index contributed by atoms with van der Waals surface area (Å²) in [4.78, 5) is 42.6.